The van der Waals surface area contributed by atoms with Crippen LogP contribution in [0.15, 0.2) is 12.7 Å². The molecule has 0 bridgehead atoms. The van der Waals surface area contributed by atoms with E-state index in [1.165, 1.54) is 12.8 Å². The van der Waals surface area contributed by atoms with Gasteiger partial charge in [-0.1, -0.05) is 0 Å². The summed E-state index contributed by atoms with van der Waals surface area (Å²) >= 11 is -2.58. The van der Waals surface area contributed by atoms with Crippen LogP contribution in [-0.2, 0) is 0 Å². The minimum atomic E-state index is -2.58. The Bertz CT molecular complexity index is 102. The normalized spacial score (nSPS) is 11.5. The third-order valence-corrected chi connectivity index (χ3v) is 11.6. The summed E-state index contributed by atoms with van der Waals surface area (Å²) in [6, 6.07) is 0. The molecule has 0 N–H and O–H groups in total. The van der Waals surface area contributed by atoms with Gasteiger partial charge in [0.05, 0.1) is 0 Å². The number of halogens is 2. The summed E-state index contributed by atoms with van der Waals surface area (Å²) < 4.78 is 1.96. The van der Waals surface area contributed by atoms with Crippen LogP contribution in [0.1, 0.15) is 19.8 Å². The molecule has 0 aliphatic carbocycles. The van der Waals surface area contributed by atoms with Crippen LogP contribution in [0.5, 0.6) is 0 Å². The van der Waals surface area contributed by atoms with E-state index in [0.29, 0.717) is 0 Å². The molecule has 3 heteroatoms. The molecule has 0 nitrogen and oxygen atoms in total. The minimum absolute atomic E-state index is 0.887. The quantitative estimate of drug-likeness (QED) is 0.531. The van der Waals surface area contributed by atoms with Gasteiger partial charge in [-0.2, -0.15) is 0 Å². The van der Waals surface area contributed by atoms with Crippen molar-refractivity contribution in [3.05, 3.63) is 12.7 Å². The first-order valence-corrected chi connectivity index (χ1v) is 14.9. The van der Waals surface area contributed by atoms with Gasteiger partial charge in [-0.3, -0.25) is 0 Å². The van der Waals surface area contributed by atoms with E-state index in [9.17, 15) is 0 Å². The fourth-order valence-corrected chi connectivity index (χ4v) is 8.28. The molecule has 0 heterocycles. The van der Waals surface area contributed by atoms with Crippen molar-refractivity contribution < 1.29 is 0 Å². The zero-order chi connectivity index (χ0) is 8.04. The summed E-state index contributed by atoms with van der Waals surface area (Å²) in [6.07, 6.45) is 4.22. The van der Waals surface area contributed by atoms with Gasteiger partial charge in [-0.25, -0.2) is 0 Å². The first kappa shape index (κ1) is 11.1. The van der Waals surface area contributed by atoms with E-state index in [0.717, 1.165) is 8.87 Å². The predicted octanol–water partition coefficient (Wildman–Crippen LogP) is 3.89. The van der Waals surface area contributed by atoms with E-state index in [4.69, 9.17) is 17.8 Å². The zero-order valence-corrected chi connectivity index (χ0v) is 10.7. The Morgan fingerprint density at radius 2 is 2.10 bits per heavy atom. The van der Waals surface area contributed by atoms with Gasteiger partial charge in [0, 0.05) is 0 Å². The number of hydrogen-bond donors (Lipinski definition) is 0. The Hall–Kier alpha value is 1.12. The molecule has 0 aliphatic rings. The van der Waals surface area contributed by atoms with Crippen LogP contribution in [0.3, 0.4) is 0 Å². The summed E-state index contributed by atoms with van der Waals surface area (Å²) in [4.78, 5) is 0. The van der Waals surface area contributed by atoms with Gasteiger partial charge < -0.3 is 0 Å². The van der Waals surface area contributed by atoms with Gasteiger partial charge in [-0.15, -0.1) is 0 Å². The van der Waals surface area contributed by atoms with E-state index in [-0.39, 0.29) is 0 Å². The van der Waals surface area contributed by atoms with Crippen LogP contribution < -0.4 is 0 Å². The average molecular weight is 288 g/mol. The van der Waals surface area contributed by atoms with Crippen molar-refractivity contribution in [2.75, 3.05) is 0 Å². The van der Waals surface area contributed by atoms with E-state index < -0.39 is 16.1 Å². The standard InChI is InChI=1S/C4H9.C3H5.2ClH.Sn/c1-3-4-2;1-3-2;;;/h1,3-4H2,2H3;3H,1-2H2;2*1H;/q;;;;+2/p-2. The molecule has 0 radical (unpaired) electrons. The zero-order valence-electron chi connectivity index (χ0n) is 6.37. The molecular formula is C7H14Cl2Sn. The molecule has 0 atom stereocenters. The molecule has 0 rings (SSSR count). The van der Waals surface area contributed by atoms with Crippen LogP contribution in [0, 0.1) is 0 Å². The Balaban J connectivity index is 3.51. The van der Waals surface area contributed by atoms with Gasteiger partial charge in [0.2, 0.25) is 0 Å². The monoisotopic (exact) mass is 288 g/mol. The predicted molar refractivity (Wildman–Crippen MR) is 52.2 cm³/mol. The van der Waals surface area contributed by atoms with E-state index in [2.05, 4.69) is 13.5 Å². The summed E-state index contributed by atoms with van der Waals surface area (Å²) in [5, 5.41) is 0. The second kappa shape index (κ2) is 5.73. The molecule has 0 saturated carbocycles. The molecule has 0 aliphatic heterocycles. The van der Waals surface area contributed by atoms with Crippen molar-refractivity contribution in [2.45, 2.75) is 28.6 Å². The number of allylic oxidation sites excluding steroid dienone is 1. The second-order valence-electron chi connectivity index (χ2n) is 2.45. The number of unbranched alkanes of at least 4 members (excludes halogenated alkanes) is 1. The summed E-state index contributed by atoms with van der Waals surface area (Å²) in [6.45, 7) is 5.79. The van der Waals surface area contributed by atoms with Gasteiger partial charge in [0.25, 0.3) is 0 Å². The summed E-state index contributed by atoms with van der Waals surface area (Å²) in [5.74, 6) is 0. The molecule has 0 aromatic rings. The van der Waals surface area contributed by atoms with Gasteiger partial charge in [-0.05, 0) is 0 Å². The fraction of sp³-hybridized carbons (Fsp3) is 0.714. The van der Waals surface area contributed by atoms with Crippen molar-refractivity contribution in [3.8, 4) is 0 Å². The van der Waals surface area contributed by atoms with Crippen molar-refractivity contribution in [2.24, 2.45) is 0 Å². The maximum absolute atomic E-state index is 6.12. The van der Waals surface area contributed by atoms with Gasteiger partial charge in [0.1, 0.15) is 0 Å². The SMILES string of the molecule is C=C[CH2][Sn]([Cl])([Cl])[CH2]CCC. The topological polar surface area (TPSA) is 0 Å². The Morgan fingerprint density at radius 1 is 1.50 bits per heavy atom. The third-order valence-electron chi connectivity index (χ3n) is 1.34. The van der Waals surface area contributed by atoms with Crippen molar-refractivity contribution >= 4 is 34.0 Å². The summed E-state index contributed by atoms with van der Waals surface area (Å²) in [5.41, 5.74) is 0. The molecule has 0 amide bonds. The van der Waals surface area contributed by atoms with Crippen molar-refractivity contribution in [3.63, 3.8) is 0 Å². The average Bonchev–Trinajstić information content (AvgIpc) is 1.84. The van der Waals surface area contributed by atoms with Gasteiger partial charge >= 0.3 is 75.3 Å². The Labute approximate surface area is 74.9 Å². The fourth-order valence-electron chi connectivity index (χ4n) is 0.749. The van der Waals surface area contributed by atoms with E-state index in [1.807, 2.05) is 6.08 Å². The van der Waals surface area contributed by atoms with Crippen molar-refractivity contribution in [1.29, 1.82) is 0 Å². The maximum atomic E-state index is 6.12. The number of rotatable bonds is 5. The molecule has 0 spiro atoms. The molecule has 0 aromatic heterocycles. The van der Waals surface area contributed by atoms with Crippen LogP contribution in [0.4, 0.5) is 0 Å². The third kappa shape index (κ3) is 5.87. The van der Waals surface area contributed by atoms with Crippen LogP contribution >= 0.6 is 17.8 Å². The van der Waals surface area contributed by atoms with Crippen LogP contribution in [0.2, 0.25) is 8.87 Å². The molecule has 60 valence electrons. The molecular weight excluding hydrogens is 274 g/mol. The Kier molecular flexibility index (Phi) is 6.37. The van der Waals surface area contributed by atoms with Crippen LogP contribution in [-0.4, -0.2) is 16.1 Å². The van der Waals surface area contributed by atoms with Crippen molar-refractivity contribution in [1.82, 2.24) is 0 Å². The first-order chi connectivity index (χ1) is 4.62. The molecule has 0 fully saturated rings. The molecule has 0 aromatic carbocycles. The summed E-state index contributed by atoms with van der Waals surface area (Å²) in [7, 11) is 12.2. The second-order valence-corrected chi connectivity index (χ2v) is 20.9. The van der Waals surface area contributed by atoms with Gasteiger partial charge in [0.15, 0.2) is 0 Å². The Morgan fingerprint density at radius 3 is 2.50 bits per heavy atom. The molecule has 10 heavy (non-hydrogen) atoms. The van der Waals surface area contributed by atoms with Crippen LogP contribution in [0.25, 0.3) is 0 Å². The molecule has 0 saturated heterocycles. The van der Waals surface area contributed by atoms with E-state index in [1.54, 1.807) is 0 Å². The first-order valence-electron chi connectivity index (χ1n) is 3.61. The number of hydrogen-bond acceptors (Lipinski definition) is 0. The van der Waals surface area contributed by atoms with E-state index >= 15 is 0 Å². The molecule has 0 unspecified atom stereocenters.